The third-order valence-electron chi connectivity index (χ3n) is 2.66. The van der Waals surface area contributed by atoms with Crippen molar-refractivity contribution in [2.24, 2.45) is 5.10 Å². The van der Waals surface area contributed by atoms with Crippen LogP contribution in [0.1, 0.15) is 11.1 Å². The van der Waals surface area contributed by atoms with Gasteiger partial charge in [0.1, 0.15) is 0 Å². The number of nitrogens with one attached hydrogen (secondary N) is 1. The summed E-state index contributed by atoms with van der Waals surface area (Å²) in [6, 6.07) is 6.25. The highest BCUT2D eigenvalue weighted by Gasteiger charge is 2.31. The minimum Gasteiger partial charge on any atom is -0.260 e. The van der Waals surface area contributed by atoms with E-state index in [2.05, 4.69) is 15.5 Å². The Morgan fingerprint density at radius 2 is 1.96 bits per heavy atom. The fraction of sp³-hybridized carbons (Fsp3) is 0.0769. The van der Waals surface area contributed by atoms with Crippen molar-refractivity contribution in [2.75, 3.05) is 5.43 Å². The van der Waals surface area contributed by atoms with E-state index in [-0.39, 0.29) is 16.5 Å². The number of nitro groups is 1. The Labute approximate surface area is 132 Å². The van der Waals surface area contributed by atoms with Crippen LogP contribution in [0.25, 0.3) is 0 Å². The van der Waals surface area contributed by atoms with Gasteiger partial charge >= 0.3 is 6.18 Å². The molecular formula is C13H8ClF3N4O2. The number of rotatable bonds is 4. The van der Waals surface area contributed by atoms with E-state index < -0.39 is 16.7 Å². The number of nitrogens with zero attached hydrogens (tertiary/aromatic N) is 3. The van der Waals surface area contributed by atoms with Crippen molar-refractivity contribution in [3.8, 4) is 0 Å². The first-order valence-electron chi connectivity index (χ1n) is 6.03. The Hall–Kier alpha value is -2.68. The number of aromatic nitrogens is 1. The van der Waals surface area contributed by atoms with Gasteiger partial charge in [-0.3, -0.25) is 15.5 Å². The van der Waals surface area contributed by atoms with Crippen molar-refractivity contribution >= 4 is 29.3 Å². The molecule has 0 aliphatic carbocycles. The van der Waals surface area contributed by atoms with Crippen LogP contribution in [0.15, 0.2) is 41.6 Å². The highest BCUT2D eigenvalue weighted by Crippen LogP contribution is 2.32. The fourth-order valence-electron chi connectivity index (χ4n) is 1.53. The zero-order chi connectivity index (χ0) is 17.0. The van der Waals surface area contributed by atoms with Crippen molar-refractivity contribution in [2.45, 2.75) is 6.18 Å². The SMILES string of the molecule is O=[N+]([O-])c1ccc(/C=N/Nc2ncc(C(F)(F)F)cc2Cl)cc1. The third kappa shape index (κ3) is 4.39. The average molecular weight is 345 g/mol. The first-order chi connectivity index (χ1) is 10.8. The van der Waals surface area contributed by atoms with Gasteiger partial charge in [-0.15, -0.1) is 0 Å². The van der Waals surface area contributed by atoms with Gasteiger partial charge in [0.25, 0.3) is 5.69 Å². The molecule has 2 rings (SSSR count). The summed E-state index contributed by atoms with van der Waals surface area (Å²) in [4.78, 5) is 13.5. The van der Waals surface area contributed by atoms with Crippen molar-refractivity contribution in [3.63, 3.8) is 0 Å². The van der Waals surface area contributed by atoms with Gasteiger partial charge < -0.3 is 0 Å². The Balaban J connectivity index is 2.07. The largest absolute Gasteiger partial charge is 0.417 e. The molecule has 0 bridgehead atoms. The molecule has 1 aromatic heterocycles. The summed E-state index contributed by atoms with van der Waals surface area (Å²) in [5.41, 5.74) is 1.92. The predicted molar refractivity (Wildman–Crippen MR) is 78.6 cm³/mol. The van der Waals surface area contributed by atoms with Crippen LogP contribution in [-0.2, 0) is 6.18 Å². The zero-order valence-electron chi connectivity index (χ0n) is 11.2. The van der Waals surface area contributed by atoms with Gasteiger partial charge in [-0.1, -0.05) is 11.6 Å². The molecule has 0 radical (unpaired) electrons. The lowest BCUT2D eigenvalue weighted by atomic mass is 10.2. The molecule has 0 fully saturated rings. The summed E-state index contributed by atoms with van der Waals surface area (Å²) < 4.78 is 37.4. The lowest BCUT2D eigenvalue weighted by molar-refractivity contribution is -0.384. The van der Waals surface area contributed by atoms with Crippen LogP contribution in [0.2, 0.25) is 5.02 Å². The highest BCUT2D eigenvalue weighted by molar-refractivity contribution is 6.32. The molecule has 1 aromatic carbocycles. The lowest BCUT2D eigenvalue weighted by Crippen LogP contribution is -2.06. The maximum absolute atomic E-state index is 12.5. The summed E-state index contributed by atoms with van der Waals surface area (Å²) in [5.74, 6) is -0.0437. The molecule has 0 unspecified atom stereocenters. The summed E-state index contributed by atoms with van der Waals surface area (Å²) in [5, 5.41) is 14.0. The quantitative estimate of drug-likeness (QED) is 0.514. The summed E-state index contributed by atoms with van der Waals surface area (Å²) >= 11 is 5.70. The molecule has 0 amide bonds. The first-order valence-corrected chi connectivity index (χ1v) is 6.41. The van der Waals surface area contributed by atoms with Crippen LogP contribution >= 0.6 is 11.6 Å². The average Bonchev–Trinajstić information content (AvgIpc) is 2.48. The molecule has 1 N–H and O–H groups in total. The zero-order valence-corrected chi connectivity index (χ0v) is 12.0. The maximum atomic E-state index is 12.5. The predicted octanol–water partition coefficient (Wildman–Crippen LogP) is 4.11. The number of nitro benzene ring substituents is 1. The molecule has 23 heavy (non-hydrogen) atoms. The van der Waals surface area contributed by atoms with E-state index in [4.69, 9.17) is 11.6 Å². The van der Waals surface area contributed by atoms with Crippen LogP contribution in [0, 0.1) is 10.1 Å². The van der Waals surface area contributed by atoms with Gasteiger partial charge in [-0.2, -0.15) is 18.3 Å². The van der Waals surface area contributed by atoms with E-state index in [0.29, 0.717) is 11.8 Å². The van der Waals surface area contributed by atoms with Gasteiger partial charge in [0, 0.05) is 18.3 Å². The second-order valence-corrected chi connectivity index (χ2v) is 4.68. The maximum Gasteiger partial charge on any atom is 0.417 e. The monoisotopic (exact) mass is 344 g/mol. The van der Waals surface area contributed by atoms with Crippen LogP contribution in [0.4, 0.5) is 24.7 Å². The molecular weight excluding hydrogens is 337 g/mol. The summed E-state index contributed by atoms with van der Waals surface area (Å²) in [6.45, 7) is 0. The fourth-order valence-corrected chi connectivity index (χ4v) is 1.73. The van der Waals surface area contributed by atoms with Crippen molar-refractivity contribution in [1.82, 2.24) is 4.98 Å². The minimum absolute atomic E-state index is 0.0437. The molecule has 2 aromatic rings. The first kappa shape index (κ1) is 16.7. The van der Waals surface area contributed by atoms with Crippen molar-refractivity contribution in [1.29, 1.82) is 0 Å². The van der Waals surface area contributed by atoms with Gasteiger partial charge in [0.05, 0.1) is 21.7 Å². The van der Waals surface area contributed by atoms with Crippen LogP contribution < -0.4 is 5.43 Å². The molecule has 0 aliphatic heterocycles. The molecule has 0 aliphatic rings. The van der Waals surface area contributed by atoms with E-state index >= 15 is 0 Å². The molecule has 1 heterocycles. The van der Waals surface area contributed by atoms with E-state index in [1.807, 2.05) is 0 Å². The molecule has 6 nitrogen and oxygen atoms in total. The number of benzene rings is 1. The van der Waals surface area contributed by atoms with Gasteiger partial charge in [0.15, 0.2) is 5.82 Å². The molecule has 0 saturated carbocycles. The van der Waals surface area contributed by atoms with Crippen LogP contribution in [0.5, 0.6) is 0 Å². The Morgan fingerprint density at radius 3 is 2.48 bits per heavy atom. The second kappa shape index (κ2) is 6.61. The number of hydrogen-bond acceptors (Lipinski definition) is 5. The number of hydrazone groups is 1. The molecule has 120 valence electrons. The van der Waals surface area contributed by atoms with Gasteiger partial charge in [0.2, 0.25) is 0 Å². The number of halogens is 4. The topological polar surface area (TPSA) is 80.4 Å². The standard InChI is InChI=1S/C13H8ClF3N4O2/c14-11-5-9(13(15,16)17)7-18-12(11)20-19-6-8-1-3-10(4-2-8)21(22)23/h1-7H,(H,18,20)/b19-6+. The summed E-state index contributed by atoms with van der Waals surface area (Å²) in [7, 11) is 0. The van der Waals surface area contributed by atoms with E-state index in [1.165, 1.54) is 30.5 Å². The van der Waals surface area contributed by atoms with E-state index in [0.717, 1.165) is 6.07 Å². The van der Waals surface area contributed by atoms with Gasteiger partial charge in [-0.05, 0) is 23.8 Å². The lowest BCUT2D eigenvalue weighted by Gasteiger charge is -2.08. The molecule has 0 spiro atoms. The van der Waals surface area contributed by atoms with Crippen molar-refractivity contribution < 1.29 is 18.1 Å². The van der Waals surface area contributed by atoms with Crippen LogP contribution in [-0.4, -0.2) is 16.1 Å². The molecule has 0 atom stereocenters. The van der Waals surface area contributed by atoms with Crippen molar-refractivity contribution in [3.05, 3.63) is 62.8 Å². The Morgan fingerprint density at radius 1 is 1.30 bits per heavy atom. The number of hydrogen-bond donors (Lipinski definition) is 1. The molecule has 0 saturated heterocycles. The number of alkyl halides is 3. The van der Waals surface area contributed by atoms with E-state index in [9.17, 15) is 23.3 Å². The number of pyridine rings is 1. The second-order valence-electron chi connectivity index (χ2n) is 4.27. The highest BCUT2D eigenvalue weighted by atomic mass is 35.5. The third-order valence-corrected chi connectivity index (χ3v) is 2.94. The van der Waals surface area contributed by atoms with Crippen LogP contribution in [0.3, 0.4) is 0 Å². The summed E-state index contributed by atoms with van der Waals surface area (Å²) in [6.07, 6.45) is -2.58. The number of non-ortho nitro benzene ring substituents is 1. The minimum atomic E-state index is -4.53. The van der Waals surface area contributed by atoms with E-state index in [1.54, 1.807) is 0 Å². The smallest absolute Gasteiger partial charge is 0.260 e. The normalized spacial score (nSPS) is 11.7. The Kier molecular flexibility index (Phi) is 4.80. The Bertz CT molecular complexity index is 748. The number of anilines is 1. The van der Waals surface area contributed by atoms with Gasteiger partial charge in [-0.25, -0.2) is 4.98 Å². The molecule has 10 heteroatoms.